The zero-order valence-electron chi connectivity index (χ0n) is 8.33. The van der Waals surface area contributed by atoms with Crippen molar-refractivity contribution in [1.82, 2.24) is 5.32 Å². The molecule has 0 amide bonds. The van der Waals surface area contributed by atoms with E-state index < -0.39 is 5.60 Å². The zero-order chi connectivity index (χ0) is 10.4. The van der Waals surface area contributed by atoms with Gasteiger partial charge in [0.15, 0.2) is 0 Å². The zero-order valence-corrected chi connectivity index (χ0v) is 8.33. The summed E-state index contributed by atoms with van der Waals surface area (Å²) in [7, 11) is 0. The van der Waals surface area contributed by atoms with Crippen LogP contribution in [0.2, 0.25) is 0 Å². The molecule has 1 aromatic rings. The molecular formula is C12H15NO. The minimum Gasteiger partial charge on any atom is -0.384 e. The van der Waals surface area contributed by atoms with Gasteiger partial charge in [-0.3, -0.25) is 0 Å². The number of nitrogens with one attached hydrogen (secondary N) is 1. The molecule has 0 fully saturated rings. The Balaban J connectivity index is 2.62. The van der Waals surface area contributed by atoms with Crippen LogP contribution in [0.1, 0.15) is 12.5 Å². The molecule has 2 nitrogen and oxygen atoms in total. The van der Waals surface area contributed by atoms with Gasteiger partial charge < -0.3 is 10.4 Å². The Labute approximate surface area is 85.0 Å². The first-order chi connectivity index (χ1) is 6.67. The van der Waals surface area contributed by atoms with E-state index in [9.17, 15) is 5.11 Å². The molecule has 74 valence electrons. The average molecular weight is 189 g/mol. The second-order valence-electron chi connectivity index (χ2n) is 3.45. The van der Waals surface area contributed by atoms with Crippen LogP contribution in [0.25, 0.3) is 0 Å². The summed E-state index contributed by atoms with van der Waals surface area (Å²) in [5.41, 5.74) is 0.0301. The van der Waals surface area contributed by atoms with Crippen LogP contribution in [0.5, 0.6) is 0 Å². The molecule has 0 bridgehead atoms. The first-order valence-corrected chi connectivity index (χ1v) is 4.59. The van der Waals surface area contributed by atoms with Crippen LogP contribution < -0.4 is 5.32 Å². The summed E-state index contributed by atoms with van der Waals surface area (Å²) in [6.45, 7) is 2.70. The van der Waals surface area contributed by atoms with E-state index >= 15 is 0 Å². The van der Waals surface area contributed by atoms with E-state index in [-0.39, 0.29) is 0 Å². The fourth-order valence-electron chi connectivity index (χ4n) is 1.28. The molecule has 0 aliphatic heterocycles. The Morgan fingerprint density at radius 1 is 1.43 bits per heavy atom. The standard InChI is InChI=1S/C12H15NO/c1-3-9-13-10-12(2,14)11-7-5-4-6-8-11/h1,4-8,13-14H,9-10H2,2H3. The lowest BCUT2D eigenvalue weighted by atomic mass is 9.96. The highest BCUT2D eigenvalue weighted by atomic mass is 16.3. The third kappa shape index (κ3) is 2.88. The molecule has 2 N–H and O–H groups in total. The minimum atomic E-state index is -0.863. The van der Waals surface area contributed by atoms with Gasteiger partial charge in [0.25, 0.3) is 0 Å². The van der Waals surface area contributed by atoms with Crippen molar-refractivity contribution in [3.63, 3.8) is 0 Å². The van der Waals surface area contributed by atoms with E-state index in [1.54, 1.807) is 6.92 Å². The Morgan fingerprint density at radius 2 is 2.07 bits per heavy atom. The summed E-state index contributed by atoms with van der Waals surface area (Å²) in [5, 5.41) is 13.1. The number of hydrogen-bond acceptors (Lipinski definition) is 2. The van der Waals surface area contributed by atoms with Crippen LogP contribution in [0.4, 0.5) is 0 Å². The molecule has 2 heteroatoms. The molecule has 0 radical (unpaired) electrons. The van der Waals surface area contributed by atoms with E-state index in [0.717, 1.165) is 5.56 Å². The van der Waals surface area contributed by atoms with Crippen LogP contribution in [-0.4, -0.2) is 18.2 Å². The summed E-state index contributed by atoms with van der Waals surface area (Å²) in [4.78, 5) is 0. The van der Waals surface area contributed by atoms with Crippen LogP contribution in [0.3, 0.4) is 0 Å². The molecule has 0 heterocycles. The maximum atomic E-state index is 10.1. The van der Waals surface area contributed by atoms with Gasteiger partial charge in [0, 0.05) is 6.54 Å². The van der Waals surface area contributed by atoms with E-state index in [1.165, 1.54) is 0 Å². The number of benzene rings is 1. The predicted molar refractivity (Wildman–Crippen MR) is 57.7 cm³/mol. The molecule has 0 aliphatic rings. The van der Waals surface area contributed by atoms with Crippen LogP contribution >= 0.6 is 0 Å². The van der Waals surface area contributed by atoms with Gasteiger partial charge in [-0.15, -0.1) is 6.42 Å². The van der Waals surface area contributed by atoms with Crippen molar-refractivity contribution >= 4 is 0 Å². The van der Waals surface area contributed by atoms with Crippen molar-refractivity contribution in [2.24, 2.45) is 0 Å². The third-order valence-electron chi connectivity index (χ3n) is 2.09. The fraction of sp³-hybridized carbons (Fsp3) is 0.333. The molecule has 1 unspecified atom stereocenters. The lowest BCUT2D eigenvalue weighted by molar-refractivity contribution is 0.0582. The molecule has 14 heavy (non-hydrogen) atoms. The Morgan fingerprint density at radius 3 is 2.64 bits per heavy atom. The largest absolute Gasteiger partial charge is 0.384 e. The Kier molecular flexibility index (Phi) is 3.70. The van der Waals surface area contributed by atoms with Crippen molar-refractivity contribution in [3.05, 3.63) is 35.9 Å². The molecule has 0 saturated carbocycles. The first kappa shape index (κ1) is 10.8. The van der Waals surface area contributed by atoms with Crippen molar-refractivity contribution in [2.45, 2.75) is 12.5 Å². The molecule has 0 aromatic heterocycles. The SMILES string of the molecule is C#CCNCC(C)(O)c1ccccc1. The van der Waals surface area contributed by atoms with Gasteiger partial charge in [-0.05, 0) is 12.5 Å². The van der Waals surface area contributed by atoms with E-state index in [4.69, 9.17) is 6.42 Å². The fourth-order valence-corrected chi connectivity index (χ4v) is 1.28. The Bertz CT molecular complexity index is 311. The third-order valence-corrected chi connectivity index (χ3v) is 2.09. The van der Waals surface area contributed by atoms with Crippen molar-refractivity contribution in [2.75, 3.05) is 13.1 Å². The lowest BCUT2D eigenvalue weighted by Crippen LogP contribution is -2.35. The summed E-state index contributed by atoms with van der Waals surface area (Å²) in [6, 6.07) is 9.54. The van der Waals surface area contributed by atoms with Gasteiger partial charge in [-0.1, -0.05) is 36.3 Å². The first-order valence-electron chi connectivity index (χ1n) is 4.59. The summed E-state index contributed by atoms with van der Waals surface area (Å²) in [5.74, 6) is 2.47. The molecule has 0 aliphatic carbocycles. The normalized spacial score (nSPS) is 14.4. The van der Waals surface area contributed by atoms with Crippen molar-refractivity contribution in [1.29, 1.82) is 0 Å². The quantitative estimate of drug-likeness (QED) is 0.549. The molecule has 1 rings (SSSR count). The highest BCUT2D eigenvalue weighted by Crippen LogP contribution is 2.18. The Hall–Kier alpha value is -1.30. The van der Waals surface area contributed by atoms with Gasteiger partial charge in [-0.2, -0.15) is 0 Å². The molecule has 1 atom stereocenters. The molecular weight excluding hydrogens is 174 g/mol. The second-order valence-corrected chi connectivity index (χ2v) is 3.45. The molecule has 0 spiro atoms. The monoisotopic (exact) mass is 189 g/mol. The van der Waals surface area contributed by atoms with E-state index in [0.29, 0.717) is 13.1 Å². The van der Waals surface area contributed by atoms with Crippen molar-refractivity contribution < 1.29 is 5.11 Å². The average Bonchev–Trinajstić information content (AvgIpc) is 2.19. The van der Waals surface area contributed by atoms with Gasteiger partial charge in [-0.25, -0.2) is 0 Å². The maximum absolute atomic E-state index is 10.1. The van der Waals surface area contributed by atoms with E-state index in [1.807, 2.05) is 30.3 Å². The van der Waals surface area contributed by atoms with Gasteiger partial charge >= 0.3 is 0 Å². The van der Waals surface area contributed by atoms with Gasteiger partial charge in [0.2, 0.25) is 0 Å². The number of terminal acetylenes is 1. The van der Waals surface area contributed by atoms with Crippen LogP contribution in [0, 0.1) is 12.3 Å². The minimum absolute atomic E-state index is 0.460. The highest BCUT2D eigenvalue weighted by Gasteiger charge is 2.21. The van der Waals surface area contributed by atoms with E-state index in [2.05, 4.69) is 11.2 Å². The summed E-state index contributed by atoms with van der Waals surface area (Å²) >= 11 is 0. The van der Waals surface area contributed by atoms with Crippen molar-refractivity contribution in [3.8, 4) is 12.3 Å². The van der Waals surface area contributed by atoms with Crippen LogP contribution in [0.15, 0.2) is 30.3 Å². The molecule has 1 aromatic carbocycles. The predicted octanol–water partition coefficient (Wildman–Crippen LogP) is 1.12. The number of rotatable bonds is 4. The second kappa shape index (κ2) is 4.80. The van der Waals surface area contributed by atoms with Gasteiger partial charge in [0.1, 0.15) is 0 Å². The summed E-state index contributed by atoms with van der Waals surface area (Å²) < 4.78 is 0. The highest BCUT2D eigenvalue weighted by molar-refractivity contribution is 5.21. The van der Waals surface area contributed by atoms with Crippen LogP contribution in [-0.2, 0) is 5.60 Å². The van der Waals surface area contributed by atoms with Gasteiger partial charge in [0.05, 0.1) is 12.1 Å². The smallest absolute Gasteiger partial charge is 0.0992 e. The summed E-state index contributed by atoms with van der Waals surface area (Å²) in [6.07, 6.45) is 5.10. The maximum Gasteiger partial charge on any atom is 0.0992 e. The number of aliphatic hydroxyl groups is 1. The topological polar surface area (TPSA) is 32.3 Å². The molecule has 0 saturated heterocycles. The number of hydrogen-bond donors (Lipinski definition) is 2. The lowest BCUT2D eigenvalue weighted by Gasteiger charge is -2.23.